The molecule has 0 atom stereocenters. The number of nitrogens with one attached hydrogen (secondary N) is 1. The zero-order chi connectivity index (χ0) is 14.1. The predicted molar refractivity (Wildman–Crippen MR) is 76.8 cm³/mol. The number of carbonyl (C=O) groups is 2. The Hall–Kier alpha value is -1.82. The van der Waals surface area contributed by atoms with Gasteiger partial charge in [0.05, 0.1) is 18.0 Å². The van der Waals surface area contributed by atoms with Gasteiger partial charge in [0, 0.05) is 0 Å². The number of amides is 1. The second kappa shape index (κ2) is 8.31. The number of nitrogens with zero attached hydrogens (tertiary/aromatic N) is 1. The first-order chi connectivity index (χ1) is 9.11. The average molecular weight is 280 g/mol. The van der Waals surface area contributed by atoms with Crippen LogP contribution in [-0.2, 0) is 9.53 Å². The number of amidine groups is 1. The van der Waals surface area contributed by atoms with Crippen molar-refractivity contribution in [3.8, 4) is 0 Å². The molecule has 0 bridgehead atoms. The summed E-state index contributed by atoms with van der Waals surface area (Å²) in [7, 11) is 0. The molecule has 0 aliphatic heterocycles. The molecule has 0 radical (unpaired) electrons. The van der Waals surface area contributed by atoms with E-state index in [1.165, 1.54) is 18.7 Å². The maximum atomic E-state index is 11.4. The summed E-state index contributed by atoms with van der Waals surface area (Å²) in [4.78, 5) is 26.6. The van der Waals surface area contributed by atoms with Crippen molar-refractivity contribution in [1.82, 2.24) is 5.32 Å². The van der Waals surface area contributed by atoms with Gasteiger partial charge in [0.1, 0.15) is 5.78 Å². The van der Waals surface area contributed by atoms with Crippen LogP contribution in [-0.4, -0.2) is 29.4 Å². The third kappa shape index (κ3) is 6.61. The van der Waals surface area contributed by atoms with Gasteiger partial charge in [-0.1, -0.05) is 30.0 Å². The SMILES string of the molecule is CCOC(=O)NC(=Nc1ccccc1)SCC(C)=O. The fourth-order valence-corrected chi connectivity index (χ4v) is 1.81. The van der Waals surface area contributed by atoms with Crippen LogP contribution in [0, 0.1) is 0 Å². The molecule has 19 heavy (non-hydrogen) atoms. The number of carbonyl (C=O) groups excluding carboxylic acids is 2. The van der Waals surface area contributed by atoms with Gasteiger partial charge in [-0.3, -0.25) is 10.1 Å². The summed E-state index contributed by atoms with van der Waals surface area (Å²) in [6.45, 7) is 3.48. The second-order valence-electron chi connectivity index (χ2n) is 3.59. The van der Waals surface area contributed by atoms with Crippen LogP contribution in [0.25, 0.3) is 0 Å². The van der Waals surface area contributed by atoms with Crippen LogP contribution >= 0.6 is 11.8 Å². The molecule has 0 aliphatic rings. The molecule has 0 fully saturated rings. The van der Waals surface area contributed by atoms with Crippen molar-refractivity contribution in [1.29, 1.82) is 0 Å². The molecule has 0 saturated heterocycles. The Balaban J connectivity index is 2.76. The van der Waals surface area contributed by atoms with Gasteiger partial charge in [-0.2, -0.15) is 0 Å². The molecule has 0 spiro atoms. The minimum absolute atomic E-state index is 0.0106. The Kier molecular flexibility index (Phi) is 6.67. The number of rotatable bonds is 4. The van der Waals surface area contributed by atoms with Gasteiger partial charge in [0.25, 0.3) is 0 Å². The number of thioether (sulfide) groups is 1. The van der Waals surface area contributed by atoms with Crippen LogP contribution < -0.4 is 5.32 Å². The molecule has 0 saturated carbocycles. The van der Waals surface area contributed by atoms with Crippen molar-refractivity contribution in [3.05, 3.63) is 30.3 Å². The van der Waals surface area contributed by atoms with Crippen LogP contribution in [0.5, 0.6) is 0 Å². The molecule has 0 aromatic heterocycles. The van der Waals surface area contributed by atoms with Crippen LogP contribution in [0.2, 0.25) is 0 Å². The summed E-state index contributed by atoms with van der Waals surface area (Å²) in [6.07, 6.45) is -0.576. The second-order valence-corrected chi connectivity index (χ2v) is 4.55. The number of Topliss-reactive ketones (excluding diaryl/α,β-unsaturated/α-hetero) is 1. The van der Waals surface area contributed by atoms with Crippen LogP contribution in [0.3, 0.4) is 0 Å². The molecule has 0 aliphatic carbocycles. The van der Waals surface area contributed by atoms with E-state index in [-0.39, 0.29) is 18.1 Å². The number of alkyl carbamates (subject to hydrolysis) is 1. The first-order valence-corrected chi connectivity index (χ1v) is 6.80. The Morgan fingerprint density at radius 3 is 2.58 bits per heavy atom. The maximum Gasteiger partial charge on any atom is 0.413 e. The van der Waals surface area contributed by atoms with Crippen molar-refractivity contribution in [3.63, 3.8) is 0 Å². The van der Waals surface area contributed by atoms with Gasteiger partial charge in [-0.05, 0) is 26.0 Å². The Labute approximate surface area is 116 Å². The summed E-state index contributed by atoms with van der Waals surface area (Å²) >= 11 is 1.17. The molecule has 1 amide bonds. The highest BCUT2D eigenvalue weighted by Crippen LogP contribution is 2.14. The minimum Gasteiger partial charge on any atom is -0.450 e. The lowest BCUT2D eigenvalue weighted by atomic mass is 10.3. The minimum atomic E-state index is -0.576. The zero-order valence-electron chi connectivity index (χ0n) is 10.9. The third-order valence-corrected chi connectivity index (χ3v) is 2.90. The molecule has 1 aromatic carbocycles. The van der Waals surface area contributed by atoms with E-state index in [0.717, 1.165) is 0 Å². The largest absolute Gasteiger partial charge is 0.450 e. The highest BCUT2D eigenvalue weighted by molar-refractivity contribution is 8.14. The lowest BCUT2D eigenvalue weighted by molar-refractivity contribution is -0.114. The molecule has 5 nitrogen and oxygen atoms in total. The lowest BCUT2D eigenvalue weighted by Crippen LogP contribution is -2.29. The Morgan fingerprint density at radius 2 is 2.00 bits per heavy atom. The summed E-state index contributed by atoms with van der Waals surface area (Å²) < 4.78 is 4.79. The molecule has 1 rings (SSSR count). The highest BCUT2D eigenvalue weighted by atomic mass is 32.2. The van der Waals surface area contributed by atoms with Crippen molar-refractivity contribution in [2.45, 2.75) is 13.8 Å². The summed E-state index contributed by atoms with van der Waals surface area (Å²) in [5.41, 5.74) is 0.699. The van der Waals surface area contributed by atoms with E-state index in [2.05, 4.69) is 10.3 Å². The van der Waals surface area contributed by atoms with E-state index in [9.17, 15) is 9.59 Å². The number of ketones is 1. The molecular formula is C13H16N2O3S. The van der Waals surface area contributed by atoms with Crippen LogP contribution in [0.1, 0.15) is 13.8 Å². The number of hydrogen-bond acceptors (Lipinski definition) is 5. The summed E-state index contributed by atoms with van der Waals surface area (Å²) in [6, 6.07) is 9.18. The highest BCUT2D eigenvalue weighted by Gasteiger charge is 2.08. The van der Waals surface area contributed by atoms with Crippen molar-refractivity contribution >= 4 is 34.5 Å². The zero-order valence-corrected chi connectivity index (χ0v) is 11.7. The van der Waals surface area contributed by atoms with Crippen LogP contribution in [0.4, 0.5) is 10.5 Å². The van der Waals surface area contributed by atoms with E-state index < -0.39 is 6.09 Å². The molecule has 102 valence electrons. The number of para-hydroxylation sites is 1. The van der Waals surface area contributed by atoms with Crippen molar-refractivity contribution < 1.29 is 14.3 Å². The topological polar surface area (TPSA) is 67.8 Å². The number of benzene rings is 1. The number of aliphatic imine (C=N–C) groups is 1. The van der Waals surface area contributed by atoms with E-state index in [1.54, 1.807) is 19.1 Å². The molecule has 6 heteroatoms. The summed E-state index contributed by atoms with van der Waals surface area (Å²) in [5, 5.41) is 2.87. The average Bonchev–Trinajstić information content (AvgIpc) is 2.37. The first-order valence-electron chi connectivity index (χ1n) is 5.81. The Bertz CT molecular complexity index is 460. The quantitative estimate of drug-likeness (QED) is 0.680. The van der Waals surface area contributed by atoms with Gasteiger partial charge < -0.3 is 4.74 Å². The Morgan fingerprint density at radius 1 is 1.32 bits per heavy atom. The predicted octanol–water partition coefficient (Wildman–Crippen LogP) is 2.74. The lowest BCUT2D eigenvalue weighted by Gasteiger charge is -2.07. The molecular weight excluding hydrogens is 264 g/mol. The van der Waals surface area contributed by atoms with Crippen molar-refractivity contribution in [2.24, 2.45) is 4.99 Å². The molecule has 0 heterocycles. The van der Waals surface area contributed by atoms with E-state index in [1.807, 2.05) is 18.2 Å². The van der Waals surface area contributed by atoms with Gasteiger partial charge in [0.2, 0.25) is 0 Å². The van der Waals surface area contributed by atoms with Gasteiger partial charge >= 0.3 is 6.09 Å². The molecule has 0 unspecified atom stereocenters. The van der Waals surface area contributed by atoms with Crippen LogP contribution in [0.15, 0.2) is 35.3 Å². The van der Waals surface area contributed by atoms with E-state index in [4.69, 9.17) is 4.74 Å². The maximum absolute atomic E-state index is 11.4. The molecule has 1 N–H and O–H groups in total. The smallest absolute Gasteiger partial charge is 0.413 e. The van der Waals surface area contributed by atoms with E-state index >= 15 is 0 Å². The van der Waals surface area contributed by atoms with Crippen molar-refractivity contribution in [2.75, 3.05) is 12.4 Å². The normalized spacial score (nSPS) is 10.9. The standard InChI is InChI=1S/C13H16N2O3S/c1-3-18-13(17)15-12(19-9-10(2)16)14-11-7-5-4-6-8-11/h4-8H,3,9H2,1-2H3,(H,14,15,17). The number of hydrogen-bond donors (Lipinski definition) is 1. The summed E-state index contributed by atoms with van der Waals surface area (Å²) in [5.74, 6) is 0.259. The first kappa shape index (κ1) is 15.2. The fourth-order valence-electron chi connectivity index (χ4n) is 1.14. The van der Waals surface area contributed by atoms with Gasteiger partial charge in [-0.25, -0.2) is 9.79 Å². The monoisotopic (exact) mass is 280 g/mol. The van der Waals surface area contributed by atoms with Gasteiger partial charge in [-0.15, -0.1) is 0 Å². The number of ether oxygens (including phenoxy) is 1. The molecule has 1 aromatic rings. The fraction of sp³-hybridized carbons (Fsp3) is 0.308. The third-order valence-electron chi connectivity index (χ3n) is 1.88. The van der Waals surface area contributed by atoms with Gasteiger partial charge in [0.15, 0.2) is 5.17 Å². The van der Waals surface area contributed by atoms with E-state index in [0.29, 0.717) is 10.9 Å².